The van der Waals surface area contributed by atoms with E-state index >= 15 is 0 Å². The van der Waals surface area contributed by atoms with Crippen LogP contribution >= 0.6 is 0 Å². The highest BCUT2D eigenvalue weighted by molar-refractivity contribution is 5.43. The summed E-state index contributed by atoms with van der Waals surface area (Å²) in [7, 11) is 0. The van der Waals surface area contributed by atoms with Crippen LogP contribution in [0.15, 0.2) is 22.9 Å². The molecule has 1 unspecified atom stereocenters. The lowest BCUT2D eigenvalue weighted by molar-refractivity contribution is -0.154. The molecule has 0 fully saturated rings. The van der Waals surface area contributed by atoms with Crippen LogP contribution < -0.4 is 10.1 Å². The van der Waals surface area contributed by atoms with Crippen molar-refractivity contribution in [3.8, 4) is 5.88 Å². The zero-order chi connectivity index (χ0) is 15.5. The predicted octanol–water partition coefficient (Wildman–Crippen LogP) is 2.89. The average Bonchev–Trinajstić information content (AvgIpc) is 2.84. The van der Waals surface area contributed by atoms with Crippen LogP contribution in [0.4, 0.5) is 18.9 Å². The molecule has 0 aliphatic heterocycles. The van der Waals surface area contributed by atoms with Crippen LogP contribution in [0.25, 0.3) is 0 Å². The molecule has 0 saturated carbocycles. The number of alkyl halides is 3. The Morgan fingerprint density at radius 3 is 2.67 bits per heavy atom. The molecule has 2 heterocycles. The molecule has 0 aromatic carbocycles. The Morgan fingerprint density at radius 1 is 1.38 bits per heavy atom. The van der Waals surface area contributed by atoms with Crippen molar-refractivity contribution in [2.45, 2.75) is 26.1 Å². The number of anilines is 1. The van der Waals surface area contributed by atoms with E-state index in [0.29, 0.717) is 17.4 Å². The minimum Gasteiger partial charge on any atom is -0.468 e. The number of pyridine rings is 1. The van der Waals surface area contributed by atoms with Gasteiger partial charge in [0.15, 0.2) is 12.4 Å². The van der Waals surface area contributed by atoms with Crippen molar-refractivity contribution in [3.63, 3.8) is 0 Å². The van der Waals surface area contributed by atoms with Crippen LogP contribution in [-0.4, -0.2) is 27.9 Å². The fourth-order valence-electron chi connectivity index (χ4n) is 1.51. The van der Waals surface area contributed by atoms with Crippen molar-refractivity contribution in [2.24, 2.45) is 0 Å². The first-order valence-electron chi connectivity index (χ1n) is 6.06. The van der Waals surface area contributed by atoms with Gasteiger partial charge in [-0.1, -0.05) is 5.16 Å². The predicted molar refractivity (Wildman–Crippen MR) is 66.9 cm³/mol. The van der Waals surface area contributed by atoms with Gasteiger partial charge in [-0.15, -0.1) is 0 Å². The molecule has 114 valence electrons. The molecule has 2 aromatic heterocycles. The van der Waals surface area contributed by atoms with Gasteiger partial charge in [0.2, 0.25) is 11.8 Å². The molecule has 21 heavy (non-hydrogen) atoms. The van der Waals surface area contributed by atoms with E-state index in [1.807, 2.05) is 0 Å². The van der Waals surface area contributed by atoms with Crippen LogP contribution in [0.2, 0.25) is 0 Å². The summed E-state index contributed by atoms with van der Waals surface area (Å²) in [5, 5.41) is 6.71. The summed E-state index contributed by atoms with van der Waals surface area (Å²) in [6.07, 6.45) is -3.02. The highest BCUT2D eigenvalue weighted by atomic mass is 19.4. The number of nitrogens with zero attached hydrogens (tertiary/aromatic N) is 3. The van der Waals surface area contributed by atoms with Gasteiger partial charge < -0.3 is 14.6 Å². The number of hydrogen-bond acceptors (Lipinski definition) is 6. The van der Waals surface area contributed by atoms with E-state index in [1.165, 1.54) is 12.3 Å². The number of aromatic nitrogens is 3. The fourth-order valence-corrected chi connectivity index (χ4v) is 1.51. The van der Waals surface area contributed by atoms with Crippen LogP contribution in [0.1, 0.15) is 24.7 Å². The summed E-state index contributed by atoms with van der Waals surface area (Å²) in [6.45, 7) is 2.14. The molecule has 0 aliphatic rings. The van der Waals surface area contributed by atoms with E-state index in [1.54, 1.807) is 19.9 Å². The van der Waals surface area contributed by atoms with Crippen molar-refractivity contribution < 1.29 is 22.4 Å². The molecule has 1 N–H and O–H groups in total. The van der Waals surface area contributed by atoms with E-state index in [9.17, 15) is 13.2 Å². The van der Waals surface area contributed by atoms with Crippen molar-refractivity contribution in [1.82, 2.24) is 15.1 Å². The van der Waals surface area contributed by atoms with Crippen LogP contribution in [0.5, 0.6) is 5.88 Å². The monoisotopic (exact) mass is 302 g/mol. The molecule has 0 bridgehead atoms. The minimum absolute atomic E-state index is 0.0980. The Balaban J connectivity index is 1.93. The largest absolute Gasteiger partial charge is 0.468 e. The number of hydrogen-bond donors (Lipinski definition) is 1. The fraction of sp³-hybridized carbons (Fsp3) is 0.417. The van der Waals surface area contributed by atoms with E-state index in [0.717, 1.165) is 0 Å². The van der Waals surface area contributed by atoms with Gasteiger partial charge in [-0.25, -0.2) is 4.98 Å². The first-order valence-corrected chi connectivity index (χ1v) is 6.06. The molecule has 0 aliphatic carbocycles. The normalized spacial score (nSPS) is 13.0. The molecular formula is C12H13F3N4O2. The van der Waals surface area contributed by atoms with E-state index in [-0.39, 0.29) is 11.9 Å². The zero-order valence-corrected chi connectivity index (χ0v) is 11.3. The zero-order valence-electron chi connectivity index (χ0n) is 11.3. The van der Waals surface area contributed by atoms with E-state index in [4.69, 9.17) is 4.52 Å². The SMILES string of the molecule is Cc1noc(C(C)Nc2ccc(OCC(F)(F)F)nc2)n1. The highest BCUT2D eigenvalue weighted by Crippen LogP contribution is 2.20. The second kappa shape index (κ2) is 5.98. The Labute approximate surface area is 118 Å². The molecule has 1 atom stereocenters. The maximum absolute atomic E-state index is 12.0. The van der Waals surface area contributed by atoms with E-state index < -0.39 is 12.8 Å². The molecule has 9 heteroatoms. The third-order valence-electron chi connectivity index (χ3n) is 2.42. The second-order valence-electron chi connectivity index (χ2n) is 4.33. The molecule has 0 amide bonds. The smallest absolute Gasteiger partial charge is 0.422 e. The summed E-state index contributed by atoms with van der Waals surface area (Å²) in [6, 6.07) is 2.65. The van der Waals surface area contributed by atoms with Crippen molar-refractivity contribution in [2.75, 3.05) is 11.9 Å². The van der Waals surface area contributed by atoms with E-state index in [2.05, 4.69) is 25.2 Å². The molecule has 2 aromatic rings. The second-order valence-corrected chi connectivity index (χ2v) is 4.33. The van der Waals surface area contributed by atoms with Crippen molar-refractivity contribution in [1.29, 1.82) is 0 Å². The first kappa shape index (κ1) is 15.1. The van der Waals surface area contributed by atoms with Gasteiger partial charge in [0, 0.05) is 6.07 Å². The maximum Gasteiger partial charge on any atom is 0.422 e. The number of rotatable bonds is 5. The third-order valence-corrected chi connectivity index (χ3v) is 2.42. The standard InChI is InChI=1S/C12H13F3N4O2/c1-7(11-18-8(2)19-21-11)17-9-3-4-10(16-5-9)20-6-12(13,14)15/h3-5,7,17H,6H2,1-2H3. The summed E-state index contributed by atoms with van der Waals surface area (Å²) in [5.74, 6) is 0.830. The third kappa shape index (κ3) is 4.62. The topological polar surface area (TPSA) is 73.1 Å². The van der Waals surface area contributed by atoms with Gasteiger partial charge in [-0.3, -0.25) is 0 Å². The summed E-state index contributed by atoms with van der Waals surface area (Å²) in [4.78, 5) is 7.85. The van der Waals surface area contributed by atoms with Gasteiger partial charge in [0.25, 0.3) is 0 Å². The minimum atomic E-state index is -4.39. The summed E-state index contributed by atoms with van der Waals surface area (Å²) < 4.78 is 45.5. The lowest BCUT2D eigenvalue weighted by atomic mass is 10.3. The van der Waals surface area contributed by atoms with Crippen LogP contribution in [0, 0.1) is 6.92 Å². The summed E-state index contributed by atoms with van der Waals surface area (Å²) >= 11 is 0. The Bertz CT molecular complexity index is 583. The summed E-state index contributed by atoms with van der Waals surface area (Å²) in [5.41, 5.74) is 0.595. The Kier molecular flexibility index (Phi) is 4.29. The molecule has 6 nitrogen and oxygen atoms in total. The van der Waals surface area contributed by atoms with Crippen LogP contribution in [0.3, 0.4) is 0 Å². The molecular weight excluding hydrogens is 289 g/mol. The Hall–Kier alpha value is -2.32. The quantitative estimate of drug-likeness (QED) is 0.915. The lowest BCUT2D eigenvalue weighted by Crippen LogP contribution is -2.19. The molecule has 2 rings (SSSR count). The molecule has 0 spiro atoms. The molecule has 0 saturated heterocycles. The lowest BCUT2D eigenvalue weighted by Gasteiger charge is -2.12. The van der Waals surface area contributed by atoms with Crippen LogP contribution in [-0.2, 0) is 0 Å². The highest BCUT2D eigenvalue weighted by Gasteiger charge is 2.28. The Morgan fingerprint density at radius 2 is 2.14 bits per heavy atom. The van der Waals surface area contributed by atoms with Gasteiger partial charge in [0.05, 0.1) is 11.9 Å². The van der Waals surface area contributed by atoms with Gasteiger partial charge in [-0.2, -0.15) is 18.2 Å². The number of aryl methyl sites for hydroxylation is 1. The van der Waals surface area contributed by atoms with Crippen molar-refractivity contribution in [3.05, 3.63) is 30.0 Å². The van der Waals surface area contributed by atoms with Gasteiger partial charge in [-0.05, 0) is 19.9 Å². The number of ether oxygens (including phenoxy) is 1. The maximum atomic E-state index is 12.0. The van der Waals surface area contributed by atoms with Gasteiger partial charge >= 0.3 is 6.18 Å². The van der Waals surface area contributed by atoms with Gasteiger partial charge in [0.1, 0.15) is 6.04 Å². The first-order chi connectivity index (χ1) is 9.83. The number of halogens is 3. The average molecular weight is 302 g/mol. The number of nitrogens with one attached hydrogen (secondary N) is 1. The molecule has 0 radical (unpaired) electrons. The van der Waals surface area contributed by atoms with Crippen molar-refractivity contribution >= 4 is 5.69 Å².